The molecule has 0 aliphatic heterocycles. The minimum atomic E-state index is -0.419. The molecule has 25 heavy (non-hydrogen) atoms. The lowest BCUT2D eigenvalue weighted by atomic mass is 9.90. The molecular formula is C19H24N2O3S. The van der Waals surface area contributed by atoms with E-state index in [0.29, 0.717) is 23.1 Å². The molecule has 0 spiro atoms. The van der Waals surface area contributed by atoms with Gasteiger partial charge in [-0.2, -0.15) is 0 Å². The molecule has 1 fully saturated rings. The largest absolute Gasteiger partial charge is 0.360 e. The second-order valence-electron chi connectivity index (χ2n) is 6.54. The van der Waals surface area contributed by atoms with Crippen LogP contribution in [0, 0.1) is 12.8 Å². The van der Waals surface area contributed by atoms with Gasteiger partial charge in [0, 0.05) is 10.5 Å². The van der Waals surface area contributed by atoms with Crippen molar-refractivity contribution < 1.29 is 4.74 Å². The van der Waals surface area contributed by atoms with E-state index in [0.717, 1.165) is 4.90 Å². The number of H-pyrrole nitrogens is 1. The van der Waals surface area contributed by atoms with E-state index in [9.17, 15) is 9.59 Å². The van der Waals surface area contributed by atoms with E-state index in [2.05, 4.69) is 4.98 Å². The summed E-state index contributed by atoms with van der Waals surface area (Å²) in [7, 11) is 0. The van der Waals surface area contributed by atoms with Gasteiger partial charge < -0.3 is 4.74 Å². The number of ether oxygens (including phenoxy) is 1. The highest BCUT2D eigenvalue weighted by Crippen LogP contribution is 2.28. The molecule has 1 aliphatic rings. The van der Waals surface area contributed by atoms with Gasteiger partial charge in [-0.25, -0.2) is 4.79 Å². The van der Waals surface area contributed by atoms with Crippen LogP contribution in [0.1, 0.15) is 37.7 Å². The van der Waals surface area contributed by atoms with Crippen LogP contribution in [0.2, 0.25) is 0 Å². The number of nitrogens with zero attached hydrogens (tertiary/aromatic N) is 1. The molecular weight excluding hydrogens is 336 g/mol. The Morgan fingerprint density at radius 2 is 1.88 bits per heavy atom. The Labute approximate surface area is 151 Å². The van der Waals surface area contributed by atoms with Gasteiger partial charge in [0.1, 0.15) is 6.73 Å². The van der Waals surface area contributed by atoms with Crippen LogP contribution in [0.3, 0.4) is 0 Å². The van der Waals surface area contributed by atoms with Crippen LogP contribution in [-0.2, 0) is 11.5 Å². The number of hydrogen-bond acceptors (Lipinski definition) is 4. The molecule has 5 nitrogen and oxygen atoms in total. The molecule has 3 rings (SSSR count). The zero-order chi connectivity index (χ0) is 17.6. The fraction of sp³-hybridized carbons (Fsp3) is 0.474. The predicted molar refractivity (Wildman–Crippen MR) is 99.2 cm³/mol. The summed E-state index contributed by atoms with van der Waals surface area (Å²) < 4.78 is 7.37. The van der Waals surface area contributed by atoms with Gasteiger partial charge in [0.2, 0.25) is 0 Å². The van der Waals surface area contributed by atoms with Crippen molar-refractivity contribution in [2.24, 2.45) is 5.92 Å². The Bertz CT molecular complexity index is 808. The molecule has 1 heterocycles. The summed E-state index contributed by atoms with van der Waals surface area (Å²) in [6, 6.07) is 9.74. The van der Waals surface area contributed by atoms with Gasteiger partial charge in [-0.1, -0.05) is 49.2 Å². The molecule has 0 amide bonds. The average Bonchev–Trinajstić information content (AvgIpc) is 2.63. The van der Waals surface area contributed by atoms with Gasteiger partial charge >= 0.3 is 5.69 Å². The number of benzene rings is 1. The van der Waals surface area contributed by atoms with E-state index >= 15 is 0 Å². The van der Waals surface area contributed by atoms with E-state index in [1.165, 1.54) is 48.4 Å². The summed E-state index contributed by atoms with van der Waals surface area (Å²) in [5, 5.41) is 0.642. The van der Waals surface area contributed by atoms with E-state index in [1.807, 2.05) is 30.3 Å². The van der Waals surface area contributed by atoms with Crippen molar-refractivity contribution in [3.63, 3.8) is 0 Å². The van der Waals surface area contributed by atoms with Crippen molar-refractivity contribution in [1.29, 1.82) is 0 Å². The quantitative estimate of drug-likeness (QED) is 0.800. The van der Waals surface area contributed by atoms with Crippen molar-refractivity contribution in [3.8, 4) is 0 Å². The zero-order valence-corrected chi connectivity index (χ0v) is 15.3. The van der Waals surface area contributed by atoms with Crippen molar-refractivity contribution >= 4 is 11.8 Å². The van der Waals surface area contributed by atoms with Gasteiger partial charge in [-0.15, -0.1) is 0 Å². The third-order valence-electron chi connectivity index (χ3n) is 4.63. The van der Waals surface area contributed by atoms with E-state index in [1.54, 1.807) is 6.92 Å². The highest BCUT2D eigenvalue weighted by molar-refractivity contribution is 7.99. The van der Waals surface area contributed by atoms with Crippen LogP contribution < -0.4 is 11.2 Å². The van der Waals surface area contributed by atoms with Crippen LogP contribution in [0.5, 0.6) is 0 Å². The Balaban J connectivity index is 1.78. The number of nitrogens with one attached hydrogen (secondary N) is 1. The van der Waals surface area contributed by atoms with Crippen molar-refractivity contribution in [3.05, 3.63) is 56.7 Å². The molecule has 2 aromatic rings. The minimum Gasteiger partial charge on any atom is -0.360 e. The third kappa shape index (κ3) is 4.64. The Morgan fingerprint density at radius 1 is 1.16 bits per heavy atom. The standard InChI is InChI=1S/C19H24N2O3S/c1-14-17(22)20-19(23)21(13-24-12-15-8-4-2-5-9-15)18(14)25-16-10-6-3-7-11-16/h3,6-7,10-11,15H,2,4-5,8-9,12-13H2,1H3,(H,20,22,23). The number of aromatic nitrogens is 2. The molecule has 1 aromatic heterocycles. The van der Waals surface area contributed by atoms with Crippen LogP contribution in [0.4, 0.5) is 0 Å². The Hall–Kier alpha value is -1.79. The van der Waals surface area contributed by atoms with Gasteiger partial charge in [-0.05, 0) is 37.8 Å². The smallest absolute Gasteiger partial charge is 0.331 e. The van der Waals surface area contributed by atoms with Crippen LogP contribution in [-0.4, -0.2) is 16.2 Å². The summed E-state index contributed by atoms with van der Waals surface area (Å²) in [6.07, 6.45) is 6.24. The van der Waals surface area contributed by atoms with E-state index in [-0.39, 0.29) is 12.3 Å². The number of aromatic amines is 1. The monoisotopic (exact) mass is 360 g/mol. The van der Waals surface area contributed by atoms with Gasteiger partial charge in [-0.3, -0.25) is 14.3 Å². The lowest BCUT2D eigenvalue weighted by Crippen LogP contribution is -2.34. The summed E-state index contributed by atoms with van der Waals surface area (Å²) >= 11 is 1.42. The fourth-order valence-electron chi connectivity index (χ4n) is 3.16. The van der Waals surface area contributed by atoms with Crippen molar-refractivity contribution in [2.75, 3.05) is 6.61 Å². The first-order chi connectivity index (χ1) is 12.1. The Morgan fingerprint density at radius 3 is 2.60 bits per heavy atom. The first-order valence-electron chi connectivity index (χ1n) is 8.79. The van der Waals surface area contributed by atoms with E-state index in [4.69, 9.17) is 4.74 Å². The molecule has 0 unspecified atom stereocenters. The highest BCUT2D eigenvalue weighted by atomic mass is 32.2. The second kappa shape index (κ2) is 8.54. The molecule has 1 N–H and O–H groups in total. The molecule has 0 radical (unpaired) electrons. The van der Waals surface area contributed by atoms with Crippen LogP contribution >= 0.6 is 11.8 Å². The molecule has 1 saturated carbocycles. The SMILES string of the molecule is Cc1c(Sc2ccccc2)n(COCC2CCCCC2)c(=O)[nH]c1=O. The molecule has 0 atom stereocenters. The molecule has 1 aliphatic carbocycles. The number of rotatable bonds is 6. The summed E-state index contributed by atoms with van der Waals surface area (Å²) in [4.78, 5) is 27.7. The van der Waals surface area contributed by atoms with Gasteiger partial charge in [0.25, 0.3) is 5.56 Å². The predicted octanol–water partition coefficient (Wildman–Crippen LogP) is 3.55. The first kappa shape index (κ1) is 18.0. The fourth-order valence-corrected chi connectivity index (χ4v) is 4.17. The van der Waals surface area contributed by atoms with Crippen molar-refractivity contribution in [2.45, 2.75) is 55.7 Å². The van der Waals surface area contributed by atoms with Gasteiger partial charge in [0.15, 0.2) is 0 Å². The maximum Gasteiger partial charge on any atom is 0.331 e. The lowest BCUT2D eigenvalue weighted by Gasteiger charge is -2.22. The summed E-state index contributed by atoms with van der Waals surface area (Å²) in [5.74, 6) is 0.582. The normalized spacial score (nSPS) is 15.4. The Kier molecular flexibility index (Phi) is 6.15. The molecule has 134 valence electrons. The summed E-state index contributed by atoms with van der Waals surface area (Å²) in [6.45, 7) is 2.57. The van der Waals surface area contributed by atoms with Crippen LogP contribution in [0.25, 0.3) is 0 Å². The maximum absolute atomic E-state index is 12.3. The topological polar surface area (TPSA) is 64.1 Å². The first-order valence-corrected chi connectivity index (χ1v) is 9.61. The molecule has 0 bridgehead atoms. The van der Waals surface area contributed by atoms with E-state index < -0.39 is 5.69 Å². The van der Waals surface area contributed by atoms with Crippen LogP contribution in [0.15, 0.2) is 49.8 Å². The summed E-state index contributed by atoms with van der Waals surface area (Å²) in [5.41, 5.74) is -0.223. The highest BCUT2D eigenvalue weighted by Gasteiger charge is 2.16. The molecule has 6 heteroatoms. The molecule has 0 saturated heterocycles. The van der Waals surface area contributed by atoms with Gasteiger partial charge in [0.05, 0.1) is 11.6 Å². The zero-order valence-electron chi connectivity index (χ0n) is 14.5. The average molecular weight is 360 g/mol. The third-order valence-corrected chi connectivity index (χ3v) is 5.86. The molecule has 1 aromatic carbocycles. The second-order valence-corrected chi connectivity index (χ2v) is 7.60. The minimum absolute atomic E-state index is 0.169. The maximum atomic E-state index is 12.3. The lowest BCUT2D eigenvalue weighted by molar-refractivity contribution is 0.0331. The van der Waals surface area contributed by atoms with Crippen molar-refractivity contribution in [1.82, 2.24) is 9.55 Å². The number of hydrogen-bond donors (Lipinski definition) is 1.